The van der Waals surface area contributed by atoms with Crippen molar-refractivity contribution in [1.29, 1.82) is 0 Å². The zero-order chi connectivity index (χ0) is 26.9. The highest BCUT2D eigenvalue weighted by Gasteiger charge is 2.54. The van der Waals surface area contributed by atoms with E-state index in [-0.39, 0.29) is 23.2 Å². The Hall–Kier alpha value is -4.12. The van der Waals surface area contributed by atoms with Crippen LogP contribution in [0.5, 0.6) is 0 Å². The topological polar surface area (TPSA) is 214 Å². The molecule has 2 aliphatic rings. The van der Waals surface area contributed by atoms with Gasteiger partial charge in [0.15, 0.2) is 5.13 Å². The smallest absolute Gasteiger partial charge is 0.352 e. The van der Waals surface area contributed by atoms with E-state index in [4.69, 9.17) is 10.6 Å². The van der Waals surface area contributed by atoms with Crippen LogP contribution in [0.25, 0.3) is 0 Å². The predicted molar refractivity (Wildman–Crippen MR) is 128 cm³/mol. The number of oxime groups is 1. The number of hydrogen-bond acceptors (Lipinski definition) is 12. The number of β-lactam (4-membered cyclic amide) rings is 1. The lowest BCUT2D eigenvalue weighted by Gasteiger charge is -2.49. The van der Waals surface area contributed by atoms with Gasteiger partial charge in [-0.25, -0.2) is 14.2 Å². The third-order valence-electron chi connectivity index (χ3n) is 5.32. The number of nitrogens with two attached hydrogens (primary N) is 1. The average Bonchev–Trinajstić information content (AvgIpc) is 3.28. The molecule has 0 saturated carbocycles. The number of nitrogens with one attached hydrogen (secondary N) is 1. The maximum Gasteiger partial charge on any atom is 0.352 e. The molecule has 2 aromatic heterocycles. The first kappa shape index (κ1) is 26.0. The first-order chi connectivity index (χ1) is 17.5. The summed E-state index contributed by atoms with van der Waals surface area (Å²) in [6.45, 7) is 2.68. The maximum atomic E-state index is 13.1. The van der Waals surface area contributed by atoms with Gasteiger partial charge in [-0.3, -0.25) is 14.5 Å². The molecule has 2 amide bonds. The van der Waals surface area contributed by atoms with E-state index >= 15 is 0 Å². The number of carboxylic acid groups (broad SMARTS) is 2. The molecule has 2 aromatic rings. The lowest BCUT2D eigenvalue weighted by molar-refractivity contribution is -0.692. The van der Waals surface area contributed by atoms with Gasteiger partial charge in [0.05, 0.1) is 6.20 Å². The van der Waals surface area contributed by atoms with E-state index in [0.717, 1.165) is 16.4 Å². The number of hydrogen-bond donors (Lipinski definition) is 4. The van der Waals surface area contributed by atoms with Crippen molar-refractivity contribution < 1.29 is 38.8 Å². The minimum Gasteiger partial charge on any atom is -0.478 e. The number of amides is 2. The molecular weight excluding hydrogens is 528 g/mol. The molecule has 0 bridgehead atoms. The van der Waals surface area contributed by atoms with Gasteiger partial charge in [0.2, 0.25) is 17.1 Å². The molecule has 5 N–H and O–H groups in total. The number of nitrogens with zero attached hydrogens (tertiary/aromatic N) is 6. The maximum absolute atomic E-state index is 13.1. The molecule has 0 spiro atoms. The molecule has 37 heavy (non-hydrogen) atoms. The van der Waals surface area contributed by atoms with Gasteiger partial charge in [0.25, 0.3) is 18.1 Å². The van der Waals surface area contributed by atoms with E-state index in [2.05, 4.69) is 24.8 Å². The summed E-state index contributed by atoms with van der Waals surface area (Å²) < 4.78 is 5.60. The van der Waals surface area contributed by atoms with E-state index in [1.165, 1.54) is 31.9 Å². The van der Waals surface area contributed by atoms with Crippen molar-refractivity contribution in [1.82, 2.24) is 24.6 Å². The van der Waals surface area contributed by atoms with Crippen LogP contribution in [0.2, 0.25) is 0 Å². The number of thioether (sulfide) groups is 1. The highest BCUT2D eigenvalue weighted by Crippen LogP contribution is 2.40. The fourth-order valence-electron chi connectivity index (χ4n) is 3.40. The molecule has 194 valence electrons. The second-order valence-electron chi connectivity index (χ2n) is 8.35. The number of carbonyl (C=O) groups excluding carboxylic acids is 2. The molecule has 4 heterocycles. The molecule has 1 saturated heterocycles. The largest absolute Gasteiger partial charge is 0.478 e. The summed E-state index contributed by atoms with van der Waals surface area (Å²) in [5, 5.41) is 24.6. The van der Waals surface area contributed by atoms with Crippen molar-refractivity contribution in [2.24, 2.45) is 5.16 Å². The molecule has 2 atom stereocenters. The molecule has 15 nitrogen and oxygen atoms in total. The molecular formula is C20H21N8O7S2+. The zero-order valence-electron chi connectivity index (χ0n) is 19.4. The zero-order valence-corrected chi connectivity index (χ0v) is 21.0. The number of carbonyl (C=O) groups is 4. The number of fused-ring (bicyclic) bond motifs is 1. The van der Waals surface area contributed by atoms with Crippen LogP contribution < -0.4 is 15.6 Å². The summed E-state index contributed by atoms with van der Waals surface area (Å²) in [4.78, 5) is 63.6. The fraction of sp³-hybridized carbons (Fsp3) is 0.350. The fourth-order valence-corrected chi connectivity index (χ4v) is 5.17. The number of rotatable bonds is 9. The SMILES string of the molecule is CC(C)(O/N=C(\C(=O)N[C@@H]1C(=O)N2C(C(=O)O)=C(C[n+]3cccnc3)CSC12)c1nsc(N)n1)C(=O)O. The Morgan fingerprint density at radius 1 is 1.38 bits per heavy atom. The van der Waals surface area contributed by atoms with Crippen LogP contribution in [0.1, 0.15) is 19.7 Å². The van der Waals surface area contributed by atoms with Gasteiger partial charge < -0.3 is 26.1 Å². The summed E-state index contributed by atoms with van der Waals surface area (Å²) in [7, 11) is 0. The summed E-state index contributed by atoms with van der Waals surface area (Å²) in [5.74, 6) is -4.08. The van der Waals surface area contributed by atoms with Crippen LogP contribution in [-0.2, 0) is 30.6 Å². The lowest BCUT2D eigenvalue weighted by Crippen LogP contribution is -2.71. The van der Waals surface area contributed by atoms with Crippen molar-refractivity contribution in [3.05, 3.63) is 41.9 Å². The average molecular weight is 550 g/mol. The minimum absolute atomic E-state index is 0.0250. The van der Waals surface area contributed by atoms with Crippen LogP contribution in [0, 0.1) is 0 Å². The first-order valence-electron chi connectivity index (χ1n) is 10.6. The summed E-state index contributed by atoms with van der Waals surface area (Å²) in [6, 6.07) is 0.624. The third kappa shape index (κ3) is 5.21. The number of carboxylic acids is 2. The standard InChI is InChI=1S/C20H20N8O7S2/c1-20(2,18(33)34)35-25-10(13-24-19(21)37-26-13)14(29)23-11-15(30)28-12(17(31)32)9(7-36-16(11)28)6-27-5-3-4-22-8-27/h3-5,8,11,16H,6-7H2,1-2H3,(H4-,21,23,24,26,29,31,32,33,34)/p+1/b25-10-/t11-,16?/m1/s1. The summed E-state index contributed by atoms with van der Waals surface area (Å²) in [5.41, 5.74) is 3.70. The molecule has 1 fully saturated rings. The Kier molecular flexibility index (Phi) is 7.08. The Morgan fingerprint density at radius 3 is 2.73 bits per heavy atom. The van der Waals surface area contributed by atoms with Crippen molar-refractivity contribution in [2.75, 3.05) is 11.5 Å². The second-order valence-corrected chi connectivity index (χ2v) is 10.2. The molecule has 0 aromatic carbocycles. The number of aromatic nitrogens is 4. The predicted octanol–water partition coefficient (Wildman–Crippen LogP) is -1.17. The Bertz CT molecular complexity index is 1330. The van der Waals surface area contributed by atoms with Crippen molar-refractivity contribution in [2.45, 2.75) is 37.4 Å². The van der Waals surface area contributed by atoms with Crippen LogP contribution in [0.4, 0.5) is 5.13 Å². The summed E-state index contributed by atoms with van der Waals surface area (Å²) in [6.07, 6.45) is 4.85. The Labute approximate surface area is 217 Å². The monoisotopic (exact) mass is 549 g/mol. The summed E-state index contributed by atoms with van der Waals surface area (Å²) >= 11 is 2.06. The van der Waals surface area contributed by atoms with Gasteiger partial charge in [0.1, 0.15) is 29.9 Å². The van der Waals surface area contributed by atoms with Gasteiger partial charge in [-0.05, 0) is 13.8 Å². The van der Waals surface area contributed by atoms with Gasteiger partial charge in [-0.1, -0.05) is 10.1 Å². The quantitative estimate of drug-likeness (QED) is 0.126. The Morgan fingerprint density at radius 2 is 2.14 bits per heavy atom. The van der Waals surface area contributed by atoms with Crippen molar-refractivity contribution >= 4 is 57.9 Å². The second kappa shape index (κ2) is 10.1. The number of anilines is 1. The van der Waals surface area contributed by atoms with Crippen molar-refractivity contribution in [3.8, 4) is 0 Å². The van der Waals surface area contributed by atoms with E-state index in [1.807, 2.05) is 0 Å². The van der Waals surface area contributed by atoms with Crippen LogP contribution in [0.15, 0.2) is 41.2 Å². The molecule has 4 rings (SSSR count). The van der Waals surface area contributed by atoms with Gasteiger partial charge >= 0.3 is 11.9 Å². The van der Waals surface area contributed by atoms with E-state index in [1.54, 1.807) is 23.0 Å². The molecule has 2 aliphatic heterocycles. The van der Waals surface area contributed by atoms with E-state index in [0.29, 0.717) is 11.3 Å². The van der Waals surface area contributed by atoms with E-state index < -0.39 is 46.5 Å². The lowest BCUT2D eigenvalue weighted by atomic mass is 10.0. The third-order valence-corrected chi connectivity index (χ3v) is 7.21. The normalized spacial score (nSPS) is 19.7. The Balaban J connectivity index is 1.55. The van der Waals surface area contributed by atoms with Gasteiger partial charge in [0, 0.05) is 28.9 Å². The molecule has 1 unspecified atom stereocenters. The number of nitrogen functional groups attached to an aromatic ring is 1. The number of aliphatic carboxylic acids is 2. The van der Waals surface area contributed by atoms with Gasteiger partial charge in [-0.15, -0.1) is 11.8 Å². The van der Waals surface area contributed by atoms with Crippen LogP contribution >= 0.6 is 23.3 Å². The highest BCUT2D eigenvalue weighted by molar-refractivity contribution is 8.00. The van der Waals surface area contributed by atoms with Crippen LogP contribution in [0.3, 0.4) is 0 Å². The van der Waals surface area contributed by atoms with Crippen molar-refractivity contribution in [3.63, 3.8) is 0 Å². The highest BCUT2D eigenvalue weighted by atomic mass is 32.2. The first-order valence-corrected chi connectivity index (χ1v) is 12.4. The minimum atomic E-state index is -1.78. The molecule has 0 radical (unpaired) electrons. The van der Waals surface area contributed by atoms with E-state index in [9.17, 15) is 29.4 Å². The molecule has 0 aliphatic carbocycles. The molecule has 17 heteroatoms. The van der Waals surface area contributed by atoms with Gasteiger partial charge in [-0.2, -0.15) is 9.36 Å². The van der Waals surface area contributed by atoms with Crippen LogP contribution in [-0.4, -0.2) is 81.7 Å².